The fraction of sp³-hybridized carbons (Fsp3) is 0.643. The fourth-order valence-corrected chi connectivity index (χ4v) is 1.85. The minimum Gasteiger partial charge on any atom is -0.370 e. The van der Waals surface area contributed by atoms with E-state index < -0.39 is 23.8 Å². The maximum absolute atomic E-state index is 11.9. The van der Waals surface area contributed by atoms with Crippen LogP contribution in [0.4, 0.5) is 0 Å². The highest BCUT2D eigenvalue weighted by atomic mass is 16.2. The summed E-state index contributed by atoms with van der Waals surface area (Å²) < 4.78 is 0. The molecule has 0 saturated carbocycles. The molecule has 0 fully saturated rings. The molecular formula is C14H26N6O4. The third kappa shape index (κ3) is 9.51. The number of aliphatic imine (C=N–C) groups is 1. The molecule has 3 amide bonds. The highest BCUT2D eigenvalue weighted by Gasteiger charge is 2.18. The van der Waals surface area contributed by atoms with E-state index in [4.69, 9.17) is 17.2 Å². The van der Waals surface area contributed by atoms with Crippen LogP contribution in [-0.4, -0.2) is 60.5 Å². The van der Waals surface area contributed by atoms with Gasteiger partial charge < -0.3 is 27.3 Å². The van der Waals surface area contributed by atoms with Crippen LogP contribution in [0.5, 0.6) is 0 Å². The number of carbonyl (C=O) groups excluding carboxylic acids is 4. The summed E-state index contributed by atoms with van der Waals surface area (Å²) in [6.07, 6.45) is 1.61. The Kier molecular flexibility index (Phi) is 10.8. The zero-order chi connectivity index (χ0) is 18.5. The molecule has 0 aliphatic rings. The fourth-order valence-electron chi connectivity index (χ4n) is 1.85. The molecule has 136 valence electrons. The second kappa shape index (κ2) is 12.0. The van der Waals surface area contributed by atoms with Crippen molar-refractivity contribution >= 4 is 30.0 Å². The predicted molar refractivity (Wildman–Crippen MR) is 88.6 cm³/mol. The van der Waals surface area contributed by atoms with Gasteiger partial charge >= 0.3 is 0 Å². The Morgan fingerprint density at radius 2 is 1.96 bits per heavy atom. The second-order valence-corrected chi connectivity index (χ2v) is 5.12. The van der Waals surface area contributed by atoms with Gasteiger partial charge in [0, 0.05) is 39.4 Å². The Labute approximate surface area is 140 Å². The van der Waals surface area contributed by atoms with Crippen molar-refractivity contribution in [3.8, 4) is 0 Å². The number of amides is 3. The Morgan fingerprint density at radius 1 is 1.29 bits per heavy atom. The van der Waals surface area contributed by atoms with Gasteiger partial charge in [-0.05, 0) is 12.8 Å². The Hall–Kier alpha value is -2.49. The zero-order valence-corrected chi connectivity index (χ0v) is 13.9. The third-order valence-corrected chi connectivity index (χ3v) is 3.09. The molecule has 10 heteroatoms. The molecule has 0 saturated heterocycles. The number of hydrogen-bond donors (Lipinski definition) is 4. The summed E-state index contributed by atoms with van der Waals surface area (Å²) >= 11 is 0. The van der Waals surface area contributed by atoms with Crippen LogP contribution in [0.25, 0.3) is 0 Å². The Balaban J connectivity index is 4.12. The van der Waals surface area contributed by atoms with Crippen LogP contribution < -0.4 is 22.5 Å². The number of aldehydes is 1. The molecule has 0 radical (unpaired) electrons. The third-order valence-electron chi connectivity index (χ3n) is 3.09. The minimum atomic E-state index is -0.728. The average molecular weight is 342 g/mol. The van der Waals surface area contributed by atoms with Gasteiger partial charge in [-0.15, -0.1) is 0 Å². The minimum absolute atomic E-state index is 0.0175. The van der Waals surface area contributed by atoms with E-state index in [1.807, 2.05) is 0 Å². The van der Waals surface area contributed by atoms with Gasteiger partial charge in [0.25, 0.3) is 0 Å². The van der Waals surface area contributed by atoms with Crippen molar-refractivity contribution < 1.29 is 19.2 Å². The van der Waals surface area contributed by atoms with Gasteiger partial charge in [-0.3, -0.25) is 24.3 Å². The summed E-state index contributed by atoms with van der Waals surface area (Å²) in [4.78, 5) is 50.1. The van der Waals surface area contributed by atoms with Crippen LogP contribution in [0.3, 0.4) is 0 Å². The van der Waals surface area contributed by atoms with Crippen LogP contribution in [0.15, 0.2) is 4.99 Å². The predicted octanol–water partition coefficient (Wildman–Crippen LogP) is -2.16. The van der Waals surface area contributed by atoms with Crippen molar-refractivity contribution in [1.29, 1.82) is 0 Å². The van der Waals surface area contributed by atoms with Crippen LogP contribution in [-0.2, 0) is 19.2 Å². The first-order chi connectivity index (χ1) is 11.3. The SMILES string of the molecule is CC(=O)N(CCC=O)C(=O)CCNC(=O)[C@@H](N)CCCN=C(N)N. The smallest absolute Gasteiger partial charge is 0.236 e. The van der Waals surface area contributed by atoms with Gasteiger partial charge in [0.15, 0.2) is 5.96 Å². The maximum atomic E-state index is 11.9. The van der Waals surface area contributed by atoms with E-state index in [-0.39, 0.29) is 31.9 Å². The van der Waals surface area contributed by atoms with E-state index in [1.54, 1.807) is 0 Å². The highest BCUT2D eigenvalue weighted by Crippen LogP contribution is 1.98. The number of rotatable bonds is 11. The summed E-state index contributed by atoms with van der Waals surface area (Å²) in [5, 5.41) is 2.54. The Bertz CT molecular complexity index is 476. The highest BCUT2D eigenvalue weighted by molar-refractivity contribution is 5.94. The number of carbonyl (C=O) groups is 4. The number of hydrogen-bond acceptors (Lipinski definition) is 6. The summed E-state index contributed by atoms with van der Waals surface area (Å²) in [6, 6.07) is -0.728. The molecule has 0 aromatic heterocycles. The van der Waals surface area contributed by atoms with Crippen LogP contribution >= 0.6 is 0 Å². The first-order valence-corrected chi connectivity index (χ1v) is 7.62. The van der Waals surface area contributed by atoms with Crippen molar-refractivity contribution in [2.45, 2.75) is 38.6 Å². The quantitative estimate of drug-likeness (QED) is 0.143. The molecule has 7 N–H and O–H groups in total. The second-order valence-electron chi connectivity index (χ2n) is 5.12. The molecule has 1 atom stereocenters. The molecule has 0 aromatic carbocycles. The number of imide groups is 1. The van der Waals surface area contributed by atoms with E-state index >= 15 is 0 Å². The molecule has 0 unspecified atom stereocenters. The molecule has 0 spiro atoms. The molecule has 0 aromatic rings. The normalized spacial score (nSPS) is 11.2. The first-order valence-electron chi connectivity index (χ1n) is 7.62. The monoisotopic (exact) mass is 342 g/mol. The van der Waals surface area contributed by atoms with Gasteiger partial charge in [0.2, 0.25) is 17.7 Å². The lowest BCUT2D eigenvalue weighted by Crippen LogP contribution is -2.43. The van der Waals surface area contributed by atoms with E-state index in [1.165, 1.54) is 6.92 Å². The van der Waals surface area contributed by atoms with Crippen LogP contribution in [0.1, 0.15) is 32.6 Å². The Morgan fingerprint density at radius 3 is 2.50 bits per heavy atom. The number of guanidine groups is 1. The molecule has 0 bridgehead atoms. The lowest BCUT2D eigenvalue weighted by Gasteiger charge is -2.18. The number of nitrogens with one attached hydrogen (secondary N) is 1. The van der Waals surface area contributed by atoms with Crippen molar-refractivity contribution in [3.05, 3.63) is 0 Å². The summed E-state index contributed by atoms with van der Waals surface area (Å²) in [5.74, 6) is -1.30. The van der Waals surface area contributed by atoms with Gasteiger partial charge in [-0.2, -0.15) is 0 Å². The summed E-state index contributed by atoms with van der Waals surface area (Å²) in [6.45, 7) is 1.72. The number of nitrogens with zero attached hydrogens (tertiary/aromatic N) is 2. The van der Waals surface area contributed by atoms with Crippen molar-refractivity contribution in [2.24, 2.45) is 22.2 Å². The zero-order valence-electron chi connectivity index (χ0n) is 13.9. The van der Waals surface area contributed by atoms with Crippen molar-refractivity contribution in [1.82, 2.24) is 10.2 Å². The van der Waals surface area contributed by atoms with Crippen molar-refractivity contribution in [3.63, 3.8) is 0 Å². The standard InChI is InChI=1S/C14H26N6O4/c1-10(22)20(8-3-9-21)12(23)5-7-18-13(24)11(15)4-2-6-19-14(16)17/h9,11H,2-8,15H2,1H3,(H,18,24)(H4,16,17,19)/t11-/m0/s1. The lowest BCUT2D eigenvalue weighted by molar-refractivity contribution is -0.143. The average Bonchev–Trinajstić information content (AvgIpc) is 2.51. The largest absolute Gasteiger partial charge is 0.370 e. The number of nitrogens with two attached hydrogens (primary N) is 3. The van der Waals surface area contributed by atoms with Gasteiger partial charge in [0.1, 0.15) is 6.29 Å². The molecule has 0 heterocycles. The molecular weight excluding hydrogens is 316 g/mol. The van der Waals surface area contributed by atoms with E-state index in [2.05, 4.69) is 10.3 Å². The first kappa shape index (κ1) is 21.5. The van der Waals surface area contributed by atoms with E-state index in [9.17, 15) is 19.2 Å². The maximum Gasteiger partial charge on any atom is 0.236 e. The summed E-state index contributed by atoms with van der Waals surface area (Å²) in [5.41, 5.74) is 16.1. The van der Waals surface area contributed by atoms with Crippen molar-refractivity contribution in [2.75, 3.05) is 19.6 Å². The molecule has 10 nitrogen and oxygen atoms in total. The lowest BCUT2D eigenvalue weighted by atomic mass is 10.1. The molecule has 0 aliphatic carbocycles. The molecule has 0 aliphatic heterocycles. The van der Waals surface area contributed by atoms with Gasteiger partial charge in [0.05, 0.1) is 6.04 Å². The van der Waals surface area contributed by atoms with Gasteiger partial charge in [-0.25, -0.2) is 0 Å². The van der Waals surface area contributed by atoms with Crippen LogP contribution in [0.2, 0.25) is 0 Å². The van der Waals surface area contributed by atoms with E-state index in [0.29, 0.717) is 25.7 Å². The van der Waals surface area contributed by atoms with E-state index in [0.717, 1.165) is 4.90 Å². The molecule has 24 heavy (non-hydrogen) atoms. The molecule has 0 rings (SSSR count). The van der Waals surface area contributed by atoms with Gasteiger partial charge in [-0.1, -0.05) is 0 Å². The summed E-state index contributed by atoms with van der Waals surface area (Å²) in [7, 11) is 0. The van der Waals surface area contributed by atoms with Crippen LogP contribution in [0, 0.1) is 0 Å². The topological polar surface area (TPSA) is 174 Å².